The second kappa shape index (κ2) is 7.30. The van der Waals surface area contributed by atoms with Crippen molar-refractivity contribution in [3.8, 4) is 5.75 Å². The third-order valence-electron chi connectivity index (χ3n) is 2.82. The maximum absolute atomic E-state index is 5.64. The number of nitrogens with zero attached hydrogens (tertiary/aromatic N) is 1. The van der Waals surface area contributed by atoms with Crippen LogP contribution in [0.5, 0.6) is 5.75 Å². The van der Waals surface area contributed by atoms with Gasteiger partial charge in [-0.3, -0.25) is 4.90 Å². The molecule has 1 rings (SSSR count). The van der Waals surface area contributed by atoms with Crippen molar-refractivity contribution in [3.63, 3.8) is 0 Å². The van der Waals surface area contributed by atoms with E-state index in [1.807, 2.05) is 6.07 Å². The van der Waals surface area contributed by atoms with Gasteiger partial charge in [-0.25, -0.2) is 0 Å². The van der Waals surface area contributed by atoms with Crippen LogP contribution in [-0.4, -0.2) is 31.6 Å². The lowest BCUT2D eigenvalue weighted by molar-refractivity contribution is 0.268. The van der Waals surface area contributed by atoms with Crippen LogP contribution in [0.2, 0.25) is 0 Å². The maximum atomic E-state index is 5.64. The predicted octanol–water partition coefficient (Wildman–Crippen LogP) is 2.17. The molecular formula is C14H24N2O. The molecule has 0 bridgehead atoms. The monoisotopic (exact) mass is 236 g/mol. The molecule has 0 spiro atoms. The summed E-state index contributed by atoms with van der Waals surface area (Å²) in [6.07, 6.45) is 1.15. The van der Waals surface area contributed by atoms with E-state index in [-0.39, 0.29) is 0 Å². The first-order valence-electron chi connectivity index (χ1n) is 6.27. The minimum absolute atomic E-state index is 0.703. The van der Waals surface area contributed by atoms with Crippen LogP contribution in [0.4, 0.5) is 0 Å². The molecule has 0 aromatic heterocycles. The smallest absolute Gasteiger partial charge is 0.123 e. The van der Waals surface area contributed by atoms with Crippen LogP contribution >= 0.6 is 0 Å². The summed E-state index contributed by atoms with van der Waals surface area (Å²) >= 11 is 0. The molecule has 3 heteroatoms. The molecular weight excluding hydrogens is 212 g/mol. The molecule has 0 radical (unpaired) electrons. The van der Waals surface area contributed by atoms with E-state index in [9.17, 15) is 0 Å². The van der Waals surface area contributed by atoms with Crippen LogP contribution in [0.1, 0.15) is 24.5 Å². The van der Waals surface area contributed by atoms with Gasteiger partial charge in [-0.1, -0.05) is 24.6 Å². The van der Waals surface area contributed by atoms with Crippen molar-refractivity contribution in [1.82, 2.24) is 4.90 Å². The lowest BCUT2D eigenvalue weighted by Crippen LogP contribution is -2.30. The molecule has 0 aliphatic heterocycles. The standard InChI is InChI=1S/C14H24N2O/c1-4-8-16(9-7-15)11-13-10-12(2)5-6-14(13)17-3/h5-6,10H,4,7-9,11,15H2,1-3H3. The molecule has 1 aromatic rings. The molecule has 96 valence electrons. The summed E-state index contributed by atoms with van der Waals surface area (Å²) < 4.78 is 5.40. The SMILES string of the molecule is CCCN(CCN)Cc1cc(C)ccc1OC. The highest BCUT2D eigenvalue weighted by Gasteiger charge is 2.08. The molecule has 0 atom stereocenters. The molecule has 0 aliphatic carbocycles. The predicted molar refractivity (Wildman–Crippen MR) is 72.4 cm³/mol. The van der Waals surface area contributed by atoms with Crippen LogP contribution in [0.25, 0.3) is 0 Å². The van der Waals surface area contributed by atoms with Crippen LogP contribution in [0.3, 0.4) is 0 Å². The fourth-order valence-corrected chi connectivity index (χ4v) is 2.04. The minimum atomic E-state index is 0.703. The summed E-state index contributed by atoms with van der Waals surface area (Å²) in [4.78, 5) is 2.37. The average molecular weight is 236 g/mol. The number of ether oxygens (including phenoxy) is 1. The quantitative estimate of drug-likeness (QED) is 0.788. The van der Waals surface area contributed by atoms with E-state index in [1.54, 1.807) is 7.11 Å². The van der Waals surface area contributed by atoms with E-state index in [1.165, 1.54) is 11.1 Å². The van der Waals surface area contributed by atoms with Crippen molar-refractivity contribution in [2.45, 2.75) is 26.8 Å². The lowest BCUT2D eigenvalue weighted by atomic mass is 10.1. The van der Waals surface area contributed by atoms with E-state index >= 15 is 0 Å². The summed E-state index contributed by atoms with van der Waals surface area (Å²) in [7, 11) is 1.72. The summed E-state index contributed by atoms with van der Waals surface area (Å²) in [6.45, 7) is 7.93. The minimum Gasteiger partial charge on any atom is -0.496 e. The van der Waals surface area contributed by atoms with E-state index < -0.39 is 0 Å². The largest absolute Gasteiger partial charge is 0.496 e. The van der Waals surface area contributed by atoms with Crippen LogP contribution in [0, 0.1) is 6.92 Å². The second-order valence-corrected chi connectivity index (χ2v) is 4.38. The van der Waals surface area contributed by atoms with Crippen molar-refractivity contribution in [2.24, 2.45) is 5.73 Å². The topological polar surface area (TPSA) is 38.5 Å². The molecule has 0 aliphatic rings. The number of aryl methyl sites for hydroxylation is 1. The number of rotatable bonds is 7. The third-order valence-corrected chi connectivity index (χ3v) is 2.82. The Morgan fingerprint density at radius 1 is 1.29 bits per heavy atom. The zero-order chi connectivity index (χ0) is 12.7. The van der Waals surface area contributed by atoms with Gasteiger partial charge in [-0.05, 0) is 26.0 Å². The first-order valence-corrected chi connectivity index (χ1v) is 6.27. The zero-order valence-electron chi connectivity index (χ0n) is 11.2. The molecule has 0 unspecified atom stereocenters. The summed E-state index contributed by atoms with van der Waals surface area (Å²) in [5.41, 5.74) is 8.15. The normalized spacial score (nSPS) is 10.9. The van der Waals surface area contributed by atoms with Gasteiger partial charge in [0.15, 0.2) is 0 Å². The molecule has 0 saturated carbocycles. The zero-order valence-corrected chi connectivity index (χ0v) is 11.2. The highest BCUT2D eigenvalue weighted by Crippen LogP contribution is 2.21. The number of benzene rings is 1. The Morgan fingerprint density at radius 3 is 2.65 bits per heavy atom. The Balaban J connectivity index is 2.79. The highest BCUT2D eigenvalue weighted by atomic mass is 16.5. The van der Waals surface area contributed by atoms with Crippen molar-refractivity contribution in [3.05, 3.63) is 29.3 Å². The summed E-state index contributed by atoms with van der Waals surface area (Å²) in [5.74, 6) is 0.966. The van der Waals surface area contributed by atoms with Gasteiger partial charge in [-0.2, -0.15) is 0 Å². The number of hydrogen-bond donors (Lipinski definition) is 1. The maximum Gasteiger partial charge on any atom is 0.123 e. The average Bonchev–Trinajstić information content (AvgIpc) is 2.30. The van der Waals surface area contributed by atoms with Crippen molar-refractivity contribution in [1.29, 1.82) is 0 Å². The van der Waals surface area contributed by atoms with Gasteiger partial charge in [0.25, 0.3) is 0 Å². The molecule has 2 N–H and O–H groups in total. The fourth-order valence-electron chi connectivity index (χ4n) is 2.04. The summed E-state index contributed by atoms with van der Waals surface area (Å²) in [6, 6.07) is 6.31. The molecule has 0 heterocycles. The van der Waals surface area contributed by atoms with Crippen LogP contribution in [0.15, 0.2) is 18.2 Å². The van der Waals surface area contributed by atoms with Crippen LogP contribution in [-0.2, 0) is 6.54 Å². The van der Waals surface area contributed by atoms with Gasteiger partial charge >= 0.3 is 0 Å². The van der Waals surface area contributed by atoms with Gasteiger partial charge in [-0.15, -0.1) is 0 Å². The number of hydrogen-bond acceptors (Lipinski definition) is 3. The van der Waals surface area contributed by atoms with Crippen molar-refractivity contribution < 1.29 is 4.74 Å². The number of methoxy groups -OCH3 is 1. The van der Waals surface area contributed by atoms with Crippen molar-refractivity contribution in [2.75, 3.05) is 26.7 Å². The van der Waals surface area contributed by atoms with Gasteiger partial charge in [0.2, 0.25) is 0 Å². The Hall–Kier alpha value is -1.06. The highest BCUT2D eigenvalue weighted by molar-refractivity contribution is 5.36. The Bertz CT molecular complexity index is 333. The Labute approximate surface area is 105 Å². The van der Waals surface area contributed by atoms with Gasteiger partial charge in [0.05, 0.1) is 7.11 Å². The van der Waals surface area contributed by atoms with E-state index in [0.29, 0.717) is 6.54 Å². The van der Waals surface area contributed by atoms with Crippen molar-refractivity contribution >= 4 is 0 Å². The molecule has 1 aromatic carbocycles. The third kappa shape index (κ3) is 4.36. The van der Waals surface area contributed by atoms with E-state index in [0.717, 1.165) is 31.8 Å². The first kappa shape index (κ1) is 14.0. The first-order chi connectivity index (χ1) is 8.21. The molecule has 0 fully saturated rings. The molecule has 3 nitrogen and oxygen atoms in total. The molecule has 17 heavy (non-hydrogen) atoms. The Morgan fingerprint density at radius 2 is 2.06 bits per heavy atom. The lowest BCUT2D eigenvalue weighted by Gasteiger charge is -2.22. The van der Waals surface area contributed by atoms with Gasteiger partial charge in [0, 0.05) is 25.2 Å². The Kier molecular flexibility index (Phi) is 6.01. The van der Waals surface area contributed by atoms with Crippen LogP contribution < -0.4 is 10.5 Å². The second-order valence-electron chi connectivity index (χ2n) is 4.38. The molecule has 0 amide bonds. The summed E-state index contributed by atoms with van der Waals surface area (Å²) in [5, 5.41) is 0. The van der Waals surface area contributed by atoms with Gasteiger partial charge < -0.3 is 10.5 Å². The van der Waals surface area contributed by atoms with E-state index in [4.69, 9.17) is 10.5 Å². The molecule has 0 saturated heterocycles. The van der Waals surface area contributed by atoms with Gasteiger partial charge in [0.1, 0.15) is 5.75 Å². The van der Waals surface area contributed by atoms with E-state index in [2.05, 4.69) is 30.9 Å². The number of nitrogens with two attached hydrogens (primary N) is 1. The fraction of sp³-hybridized carbons (Fsp3) is 0.571.